The van der Waals surface area contributed by atoms with Crippen molar-refractivity contribution in [3.63, 3.8) is 0 Å². The summed E-state index contributed by atoms with van der Waals surface area (Å²) >= 11 is 0. The van der Waals surface area contributed by atoms with E-state index in [0.717, 1.165) is 13.5 Å². The molecule has 1 amide bonds. The summed E-state index contributed by atoms with van der Waals surface area (Å²) in [6, 6.07) is 9.10. The molecule has 1 fully saturated rings. The van der Waals surface area contributed by atoms with Gasteiger partial charge in [0.25, 0.3) is 5.91 Å². The fourth-order valence-electron chi connectivity index (χ4n) is 4.74. The van der Waals surface area contributed by atoms with E-state index in [0.29, 0.717) is 17.1 Å². The molecule has 0 bridgehead atoms. The van der Waals surface area contributed by atoms with Crippen molar-refractivity contribution in [3.05, 3.63) is 59.4 Å². The Bertz CT molecular complexity index is 999. The lowest BCUT2D eigenvalue weighted by Gasteiger charge is -2.33. The number of carbonyl (C=O) groups is 1. The van der Waals surface area contributed by atoms with Crippen LogP contribution in [0.15, 0.2) is 42.6 Å². The van der Waals surface area contributed by atoms with Crippen molar-refractivity contribution >= 4 is 36.4 Å². The van der Waals surface area contributed by atoms with E-state index < -0.39 is 24.2 Å². The maximum Gasteiger partial charge on any atom is 0.414 e. The summed E-state index contributed by atoms with van der Waals surface area (Å²) < 4.78 is 47.2. The Kier molecular flexibility index (Phi) is 9.44. The van der Waals surface area contributed by atoms with Gasteiger partial charge in [0.1, 0.15) is 6.10 Å². The molecule has 0 radical (unpaired) electrons. The predicted molar refractivity (Wildman–Crippen MR) is 133 cm³/mol. The van der Waals surface area contributed by atoms with Crippen molar-refractivity contribution in [3.8, 4) is 0 Å². The number of anilines is 1. The van der Waals surface area contributed by atoms with E-state index >= 15 is 0 Å². The maximum absolute atomic E-state index is 14.0. The van der Waals surface area contributed by atoms with Gasteiger partial charge in [-0.05, 0) is 29.7 Å². The van der Waals surface area contributed by atoms with Crippen LogP contribution in [0.3, 0.4) is 0 Å². The van der Waals surface area contributed by atoms with Crippen molar-refractivity contribution in [1.29, 1.82) is 0 Å². The first-order valence-corrected chi connectivity index (χ1v) is 11.1. The van der Waals surface area contributed by atoms with Crippen LogP contribution < -0.4 is 10.6 Å². The number of halogens is 5. The highest BCUT2D eigenvalue weighted by Crippen LogP contribution is 2.40. The highest BCUT2D eigenvalue weighted by atomic mass is 35.5. The van der Waals surface area contributed by atoms with Crippen LogP contribution in [0.1, 0.15) is 36.7 Å². The van der Waals surface area contributed by atoms with Crippen LogP contribution in [0.4, 0.5) is 18.9 Å². The number of ether oxygens (including phenoxy) is 1. The molecule has 1 aromatic heterocycles. The molecule has 2 aliphatic rings. The number of alkyl halides is 3. The molecule has 11 heteroatoms. The smallest absolute Gasteiger partial charge is 0.380 e. The third-order valence-corrected chi connectivity index (χ3v) is 6.66. The monoisotopic (exact) mass is 534 g/mol. The van der Waals surface area contributed by atoms with Crippen molar-refractivity contribution < 1.29 is 22.7 Å². The number of amides is 1. The fourth-order valence-corrected chi connectivity index (χ4v) is 4.74. The number of benzene rings is 1. The summed E-state index contributed by atoms with van der Waals surface area (Å²) in [5.74, 6) is -0.723. The zero-order chi connectivity index (χ0) is 23.8. The first-order chi connectivity index (χ1) is 15.6. The number of carbonyl (C=O) groups excluding carboxylic acids is 1. The molecule has 4 rings (SSSR count). The molecule has 6 nitrogen and oxygen atoms in total. The summed E-state index contributed by atoms with van der Waals surface area (Å²) in [7, 11) is 1.14. The van der Waals surface area contributed by atoms with Gasteiger partial charge in [-0.1, -0.05) is 38.1 Å². The lowest BCUT2D eigenvalue weighted by Crippen LogP contribution is -2.51. The van der Waals surface area contributed by atoms with Gasteiger partial charge in [-0.15, -0.1) is 24.8 Å². The Morgan fingerprint density at radius 2 is 1.94 bits per heavy atom. The fraction of sp³-hybridized carbons (Fsp3) is 0.500. The second-order valence-electron chi connectivity index (χ2n) is 9.21. The maximum atomic E-state index is 14.0. The quantitative estimate of drug-likeness (QED) is 0.599. The van der Waals surface area contributed by atoms with Gasteiger partial charge >= 0.3 is 6.18 Å². The van der Waals surface area contributed by atoms with Gasteiger partial charge < -0.3 is 20.3 Å². The van der Waals surface area contributed by atoms with Crippen molar-refractivity contribution in [2.45, 2.75) is 50.0 Å². The van der Waals surface area contributed by atoms with E-state index in [2.05, 4.69) is 41.6 Å². The molecule has 1 aromatic carbocycles. The molecular weight excluding hydrogens is 504 g/mol. The van der Waals surface area contributed by atoms with Gasteiger partial charge in [-0.25, -0.2) is 0 Å². The molecule has 1 saturated heterocycles. The number of pyridine rings is 1. The average Bonchev–Trinajstić information content (AvgIpc) is 3.04. The second kappa shape index (κ2) is 11.3. The summed E-state index contributed by atoms with van der Waals surface area (Å²) in [6.07, 6.45) is -3.39. The van der Waals surface area contributed by atoms with E-state index in [1.807, 2.05) is 12.1 Å². The normalized spacial score (nSPS) is 21.7. The number of rotatable bonds is 5. The van der Waals surface area contributed by atoms with E-state index in [1.54, 1.807) is 6.07 Å². The summed E-state index contributed by atoms with van der Waals surface area (Å²) in [5, 5.41) is 6.40. The van der Waals surface area contributed by atoms with Gasteiger partial charge in [0.05, 0.1) is 24.2 Å². The van der Waals surface area contributed by atoms with E-state index in [-0.39, 0.29) is 55.1 Å². The molecule has 1 unspecified atom stereocenters. The van der Waals surface area contributed by atoms with Crippen molar-refractivity contribution in [1.82, 2.24) is 15.2 Å². The molecule has 0 saturated carbocycles. The number of nitrogens with one attached hydrogen (secondary N) is 2. The minimum atomic E-state index is -4.68. The zero-order valence-corrected chi connectivity index (χ0v) is 21.4. The molecule has 35 heavy (non-hydrogen) atoms. The Morgan fingerprint density at radius 1 is 1.23 bits per heavy atom. The molecule has 2 N–H and O–H groups in total. The van der Waals surface area contributed by atoms with Crippen LogP contribution in [-0.2, 0) is 21.4 Å². The van der Waals surface area contributed by atoms with E-state index in [9.17, 15) is 18.0 Å². The van der Waals surface area contributed by atoms with Crippen molar-refractivity contribution in [2.75, 3.05) is 32.1 Å². The number of aromatic nitrogens is 1. The number of morpholine rings is 1. The summed E-state index contributed by atoms with van der Waals surface area (Å²) in [4.78, 5) is 17.4. The van der Waals surface area contributed by atoms with Gasteiger partial charge in [0, 0.05) is 31.6 Å². The Labute approximate surface area is 215 Å². The number of hydrogen-bond acceptors (Lipinski definition) is 5. The van der Waals surface area contributed by atoms with Gasteiger partial charge in [-0.3, -0.25) is 9.78 Å². The first kappa shape index (κ1) is 29.2. The molecule has 3 atom stereocenters. The highest BCUT2D eigenvalue weighted by Gasteiger charge is 2.47. The van der Waals surface area contributed by atoms with Crippen LogP contribution in [0.2, 0.25) is 0 Å². The molecular formula is C24H31Cl2F3N4O2. The van der Waals surface area contributed by atoms with E-state index in [1.165, 1.54) is 23.4 Å². The number of hydrogen-bond donors (Lipinski definition) is 2. The summed E-state index contributed by atoms with van der Waals surface area (Å²) in [5.41, 5.74) is 2.80. The van der Waals surface area contributed by atoms with Crippen LogP contribution in [-0.4, -0.2) is 60.9 Å². The Hall–Kier alpha value is -2.07. The number of fused-ring (bicyclic) bond motifs is 1. The predicted octanol–water partition coefficient (Wildman–Crippen LogP) is 4.29. The third kappa shape index (κ3) is 6.02. The highest BCUT2D eigenvalue weighted by molar-refractivity contribution is 5.85. The molecule has 2 aromatic rings. The van der Waals surface area contributed by atoms with Crippen LogP contribution in [0.5, 0.6) is 0 Å². The summed E-state index contributed by atoms with van der Waals surface area (Å²) in [6.45, 7) is 5.33. The van der Waals surface area contributed by atoms with Crippen molar-refractivity contribution in [2.24, 2.45) is 0 Å². The van der Waals surface area contributed by atoms with Crippen LogP contribution in [0, 0.1) is 0 Å². The molecule has 1 aliphatic heterocycles. The van der Waals surface area contributed by atoms with Gasteiger partial charge in [0.2, 0.25) is 0 Å². The topological polar surface area (TPSA) is 66.5 Å². The molecule has 1 aliphatic carbocycles. The minimum Gasteiger partial charge on any atom is -0.380 e. The number of nitrogens with zero attached hydrogens (tertiary/aromatic N) is 2. The average molecular weight is 535 g/mol. The second-order valence-corrected chi connectivity index (χ2v) is 9.21. The third-order valence-electron chi connectivity index (χ3n) is 6.66. The minimum absolute atomic E-state index is 0. The zero-order valence-electron chi connectivity index (χ0n) is 19.8. The standard InChI is InChI=1S/C24H29F3N4O2.2ClH/c1-23(2)17-7-5-4-6-15(17)12-20(23)30-16-8-9-18(29-13-16)21(24(25,26)27)31(3)22(32)19-14-28-10-11-33-19;;/h4-9,13,19-21,28,30H,10-12,14H2,1-3H3;2*1H/t19-,20-,21?;;/m0../s1. The lowest BCUT2D eigenvalue weighted by atomic mass is 9.83. The van der Waals surface area contributed by atoms with Gasteiger partial charge in [-0.2, -0.15) is 13.2 Å². The van der Waals surface area contributed by atoms with Crippen LogP contribution in [0.25, 0.3) is 0 Å². The molecule has 0 spiro atoms. The Balaban J connectivity index is 0.00000216. The first-order valence-electron chi connectivity index (χ1n) is 11.1. The van der Waals surface area contributed by atoms with Crippen LogP contribution >= 0.6 is 24.8 Å². The van der Waals surface area contributed by atoms with E-state index in [4.69, 9.17) is 4.74 Å². The SMILES string of the molecule is CN(C(=O)[C@@H]1CNCCO1)C(c1ccc(N[C@H]2Cc3ccccc3C2(C)C)cn1)C(F)(F)F.Cl.Cl. The molecule has 2 heterocycles. The Morgan fingerprint density at radius 3 is 2.51 bits per heavy atom. The number of likely N-dealkylation sites (N-methyl/N-ethyl adjacent to an activating group) is 1. The molecule has 194 valence electrons. The lowest BCUT2D eigenvalue weighted by molar-refractivity contribution is -0.194. The largest absolute Gasteiger partial charge is 0.414 e. The van der Waals surface area contributed by atoms with Gasteiger partial charge in [0.15, 0.2) is 6.04 Å².